The summed E-state index contributed by atoms with van der Waals surface area (Å²) in [5.74, 6) is 0.764. The highest BCUT2D eigenvalue weighted by Crippen LogP contribution is 2.38. The fraction of sp³-hybridized carbons (Fsp3) is 0.417. The van der Waals surface area contributed by atoms with Gasteiger partial charge in [0.1, 0.15) is 17.4 Å². The molecular formula is C24H27N3O4. The lowest BCUT2D eigenvalue weighted by Crippen LogP contribution is -2.40. The van der Waals surface area contributed by atoms with Crippen molar-refractivity contribution in [3.63, 3.8) is 0 Å². The van der Waals surface area contributed by atoms with Crippen LogP contribution in [0, 0.1) is 11.3 Å². The molecule has 0 saturated carbocycles. The first-order valence-electron chi connectivity index (χ1n) is 10.5. The molecule has 4 rings (SSSR count). The number of ether oxygens (including phenoxy) is 3. The average molecular weight is 421 g/mol. The monoisotopic (exact) mass is 421 g/mol. The standard InChI is InChI=1S/C24H27N3O4/c1-24(2,3)31-23(28)27-15-19-5-4-6-20(22(19)30-16-27)17-7-8-18(14-25)21(13-17)26-9-11-29-12-10-26/h4-8,13H,9-12,15-16H2,1-3H3. The van der Waals surface area contributed by atoms with Crippen molar-refractivity contribution < 1.29 is 19.0 Å². The first-order valence-corrected chi connectivity index (χ1v) is 10.5. The van der Waals surface area contributed by atoms with Crippen LogP contribution in [0.3, 0.4) is 0 Å². The first kappa shape index (κ1) is 21.0. The third kappa shape index (κ3) is 4.59. The molecule has 0 bridgehead atoms. The van der Waals surface area contributed by atoms with Crippen molar-refractivity contribution in [2.75, 3.05) is 37.9 Å². The maximum absolute atomic E-state index is 12.4. The van der Waals surface area contributed by atoms with E-state index in [0.717, 1.165) is 41.2 Å². The van der Waals surface area contributed by atoms with Gasteiger partial charge >= 0.3 is 6.09 Å². The number of rotatable bonds is 2. The van der Waals surface area contributed by atoms with Gasteiger partial charge in [0.05, 0.1) is 31.0 Å². The second kappa shape index (κ2) is 8.48. The zero-order valence-corrected chi connectivity index (χ0v) is 18.2. The number of benzene rings is 2. The van der Waals surface area contributed by atoms with Crippen LogP contribution in [0.1, 0.15) is 31.9 Å². The Bertz CT molecular complexity index is 1020. The van der Waals surface area contributed by atoms with Crippen LogP contribution in [0.15, 0.2) is 36.4 Å². The molecule has 0 radical (unpaired) electrons. The molecule has 2 heterocycles. The van der Waals surface area contributed by atoms with E-state index < -0.39 is 11.7 Å². The average Bonchev–Trinajstić information content (AvgIpc) is 2.77. The Hall–Kier alpha value is -3.24. The number of para-hydroxylation sites is 1. The molecule has 1 fully saturated rings. The van der Waals surface area contributed by atoms with Crippen molar-refractivity contribution >= 4 is 11.8 Å². The molecule has 0 N–H and O–H groups in total. The molecule has 2 aromatic rings. The molecule has 2 aliphatic heterocycles. The van der Waals surface area contributed by atoms with Gasteiger partial charge in [0.2, 0.25) is 0 Å². The molecule has 1 saturated heterocycles. The summed E-state index contributed by atoms with van der Waals surface area (Å²) in [7, 11) is 0. The van der Waals surface area contributed by atoms with E-state index in [9.17, 15) is 10.1 Å². The molecule has 0 aromatic heterocycles. The van der Waals surface area contributed by atoms with Crippen LogP contribution in [0.2, 0.25) is 0 Å². The van der Waals surface area contributed by atoms with Gasteiger partial charge < -0.3 is 19.1 Å². The normalized spacial score (nSPS) is 16.2. The lowest BCUT2D eigenvalue weighted by molar-refractivity contribution is 0.00249. The fourth-order valence-corrected chi connectivity index (χ4v) is 3.80. The number of nitrogens with zero attached hydrogens (tertiary/aromatic N) is 3. The third-order valence-corrected chi connectivity index (χ3v) is 5.26. The van der Waals surface area contributed by atoms with Gasteiger partial charge in [-0.25, -0.2) is 4.79 Å². The minimum Gasteiger partial charge on any atom is -0.472 e. The molecule has 0 unspecified atom stereocenters. The van der Waals surface area contributed by atoms with E-state index in [1.807, 2.05) is 57.2 Å². The summed E-state index contributed by atoms with van der Waals surface area (Å²) in [5.41, 5.74) is 3.84. The van der Waals surface area contributed by atoms with Crippen LogP contribution >= 0.6 is 0 Å². The van der Waals surface area contributed by atoms with Gasteiger partial charge in [-0.1, -0.05) is 24.3 Å². The van der Waals surface area contributed by atoms with Crippen LogP contribution in [0.4, 0.5) is 10.5 Å². The topological polar surface area (TPSA) is 75.0 Å². The number of amides is 1. The van der Waals surface area contributed by atoms with Crippen molar-refractivity contribution in [1.82, 2.24) is 4.90 Å². The maximum Gasteiger partial charge on any atom is 0.413 e. The molecule has 7 heteroatoms. The lowest BCUT2D eigenvalue weighted by atomic mass is 9.98. The van der Waals surface area contributed by atoms with Crippen molar-refractivity contribution in [3.8, 4) is 22.9 Å². The summed E-state index contributed by atoms with van der Waals surface area (Å²) in [6.07, 6.45) is -0.392. The highest BCUT2D eigenvalue weighted by atomic mass is 16.6. The number of carbonyl (C=O) groups is 1. The van der Waals surface area contributed by atoms with Crippen molar-refractivity contribution in [2.45, 2.75) is 32.9 Å². The third-order valence-electron chi connectivity index (χ3n) is 5.26. The summed E-state index contributed by atoms with van der Waals surface area (Å²) in [5, 5.41) is 9.58. The Morgan fingerprint density at radius 1 is 1.16 bits per heavy atom. The number of nitriles is 1. The Balaban J connectivity index is 1.63. The summed E-state index contributed by atoms with van der Waals surface area (Å²) in [6, 6.07) is 14.1. The fourth-order valence-electron chi connectivity index (χ4n) is 3.80. The second-order valence-corrected chi connectivity index (χ2v) is 8.69. The molecule has 0 aliphatic carbocycles. The van der Waals surface area contributed by atoms with E-state index in [0.29, 0.717) is 25.3 Å². The lowest BCUT2D eigenvalue weighted by Gasteiger charge is -2.32. The zero-order chi connectivity index (χ0) is 22.0. The summed E-state index contributed by atoms with van der Waals surface area (Å²) < 4.78 is 17.0. The molecule has 1 amide bonds. The number of morpholine rings is 1. The number of hydrogen-bond acceptors (Lipinski definition) is 6. The summed E-state index contributed by atoms with van der Waals surface area (Å²) >= 11 is 0. The smallest absolute Gasteiger partial charge is 0.413 e. The molecule has 2 aromatic carbocycles. The quantitative estimate of drug-likeness (QED) is 0.725. The van der Waals surface area contributed by atoms with E-state index in [2.05, 4.69) is 11.0 Å². The van der Waals surface area contributed by atoms with Crippen molar-refractivity contribution in [1.29, 1.82) is 5.26 Å². The van der Waals surface area contributed by atoms with Crippen LogP contribution in [0.5, 0.6) is 5.75 Å². The van der Waals surface area contributed by atoms with E-state index >= 15 is 0 Å². The minimum atomic E-state index is -0.558. The maximum atomic E-state index is 12.4. The molecule has 2 aliphatic rings. The number of anilines is 1. The van der Waals surface area contributed by atoms with Gasteiger partial charge in [0, 0.05) is 24.2 Å². The predicted octanol–water partition coefficient (Wildman–Crippen LogP) is 4.15. The van der Waals surface area contributed by atoms with Gasteiger partial charge in [-0.15, -0.1) is 0 Å². The van der Waals surface area contributed by atoms with E-state index in [-0.39, 0.29) is 6.73 Å². The number of fused-ring (bicyclic) bond motifs is 1. The van der Waals surface area contributed by atoms with Gasteiger partial charge in [0.15, 0.2) is 6.73 Å². The zero-order valence-electron chi connectivity index (χ0n) is 18.2. The largest absolute Gasteiger partial charge is 0.472 e. The number of hydrogen-bond donors (Lipinski definition) is 0. The first-order chi connectivity index (χ1) is 14.9. The Morgan fingerprint density at radius 2 is 1.94 bits per heavy atom. The summed E-state index contributed by atoms with van der Waals surface area (Å²) in [6.45, 7) is 8.91. The minimum absolute atomic E-state index is 0.130. The summed E-state index contributed by atoms with van der Waals surface area (Å²) in [4.78, 5) is 16.2. The van der Waals surface area contributed by atoms with Crippen LogP contribution in [0.25, 0.3) is 11.1 Å². The highest BCUT2D eigenvalue weighted by molar-refractivity contribution is 5.78. The van der Waals surface area contributed by atoms with Crippen LogP contribution in [-0.2, 0) is 16.0 Å². The van der Waals surface area contributed by atoms with Crippen LogP contribution in [-0.4, -0.2) is 49.6 Å². The highest BCUT2D eigenvalue weighted by Gasteiger charge is 2.28. The van der Waals surface area contributed by atoms with E-state index in [1.54, 1.807) is 4.90 Å². The van der Waals surface area contributed by atoms with Gasteiger partial charge in [-0.05, 0) is 38.5 Å². The van der Waals surface area contributed by atoms with Crippen molar-refractivity contribution in [2.24, 2.45) is 0 Å². The molecule has 0 atom stereocenters. The Kier molecular flexibility index (Phi) is 5.75. The molecule has 0 spiro atoms. The Labute approximate surface area is 182 Å². The molecular weight excluding hydrogens is 394 g/mol. The molecule has 7 nitrogen and oxygen atoms in total. The van der Waals surface area contributed by atoms with Crippen molar-refractivity contribution in [3.05, 3.63) is 47.5 Å². The number of carbonyl (C=O) groups excluding carboxylic acids is 1. The SMILES string of the molecule is CC(C)(C)OC(=O)N1COc2c(cccc2-c2ccc(C#N)c(N3CCOCC3)c2)C1. The van der Waals surface area contributed by atoms with Gasteiger partial charge in [-0.3, -0.25) is 4.90 Å². The van der Waals surface area contributed by atoms with Crippen LogP contribution < -0.4 is 9.64 Å². The van der Waals surface area contributed by atoms with Gasteiger partial charge in [-0.2, -0.15) is 5.26 Å². The second-order valence-electron chi connectivity index (χ2n) is 8.69. The predicted molar refractivity (Wildman–Crippen MR) is 117 cm³/mol. The van der Waals surface area contributed by atoms with E-state index in [1.165, 1.54) is 0 Å². The van der Waals surface area contributed by atoms with E-state index in [4.69, 9.17) is 14.2 Å². The Morgan fingerprint density at radius 3 is 2.65 bits per heavy atom. The molecule has 31 heavy (non-hydrogen) atoms. The molecule has 162 valence electrons. The van der Waals surface area contributed by atoms with Gasteiger partial charge in [0.25, 0.3) is 0 Å².